The summed E-state index contributed by atoms with van der Waals surface area (Å²) in [6.45, 7) is 1.40. The molecule has 3 nitrogen and oxygen atoms in total. The monoisotopic (exact) mass is 346 g/mol. The van der Waals surface area contributed by atoms with E-state index in [-0.39, 0.29) is 11.9 Å². The zero-order valence-corrected chi connectivity index (χ0v) is 11.8. The Labute approximate surface area is 111 Å². The number of nitrogens with zero attached hydrogens (tertiary/aromatic N) is 1. The number of rotatable bonds is 1. The van der Waals surface area contributed by atoms with E-state index in [9.17, 15) is 4.79 Å². The van der Waals surface area contributed by atoms with Crippen molar-refractivity contribution in [2.45, 2.75) is 12.5 Å². The van der Waals surface area contributed by atoms with Crippen LogP contribution in [0.4, 0.5) is 0 Å². The maximum Gasteiger partial charge on any atom is 0.255 e. The van der Waals surface area contributed by atoms with Crippen LogP contribution >= 0.6 is 31.9 Å². The van der Waals surface area contributed by atoms with Gasteiger partial charge in [0.05, 0.1) is 5.56 Å². The van der Waals surface area contributed by atoms with Crippen molar-refractivity contribution in [3.63, 3.8) is 0 Å². The highest BCUT2D eigenvalue weighted by molar-refractivity contribution is 9.11. The molecule has 1 atom stereocenters. The molecule has 16 heavy (non-hydrogen) atoms. The highest BCUT2D eigenvalue weighted by Crippen LogP contribution is 2.24. The molecule has 0 bridgehead atoms. The Hall–Kier alpha value is -0.390. The molecule has 1 heterocycles. The van der Waals surface area contributed by atoms with Crippen molar-refractivity contribution in [3.05, 3.63) is 32.7 Å². The summed E-state index contributed by atoms with van der Waals surface area (Å²) in [4.78, 5) is 14.0. The summed E-state index contributed by atoms with van der Waals surface area (Å²) in [6, 6.07) is 5.72. The summed E-state index contributed by atoms with van der Waals surface area (Å²) < 4.78 is 1.73. The Bertz CT molecular complexity index is 422. The van der Waals surface area contributed by atoms with Crippen LogP contribution in [-0.2, 0) is 0 Å². The highest BCUT2D eigenvalue weighted by Gasteiger charge is 2.25. The number of nitrogens with two attached hydrogens (primary N) is 1. The Balaban J connectivity index is 2.23. The maximum atomic E-state index is 12.2. The van der Waals surface area contributed by atoms with Crippen molar-refractivity contribution in [1.82, 2.24) is 4.90 Å². The first-order valence-corrected chi connectivity index (χ1v) is 6.66. The quantitative estimate of drug-likeness (QED) is 0.847. The molecule has 1 aromatic rings. The second-order valence-electron chi connectivity index (χ2n) is 3.92. The van der Waals surface area contributed by atoms with Gasteiger partial charge in [0.25, 0.3) is 5.91 Å². The molecule has 5 heteroatoms. The summed E-state index contributed by atoms with van der Waals surface area (Å²) in [6.07, 6.45) is 0.886. The number of likely N-dealkylation sites (tertiary alicyclic amines) is 1. The van der Waals surface area contributed by atoms with E-state index in [4.69, 9.17) is 5.73 Å². The van der Waals surface area contributed by atoms with E-state index in [1.807, 2.05) is 18.2 Å². The lowest BCUT2D eigenvalue weighted by atomic mass is 10.2. The second-order valence-corrected chi connectivity index (χ2v) is 5.69. The zero-order chi connectivity index (χ0) is 11.7. The molecule has 0 aromatic heterocycles. The Morgan fingerprint density at radius 2 is 2.19 bits per heavy atom. The first-order chi connectivity index (χ1) is 7.58. The van der Waals surface area contributed by atoms with Gasteiger partial charge in [-0.05, 0) is 40.5 Å². The lowest BCUT2D eigenvalue weighted by Gasteiger charge is -2.16. The number of carbonyl (C=O) groups excluding carboxylic acids is 1. The zero-order valence-electron chi connectivity index (χ0n) is 8.62. The van der Waals surface area contributed by atoms with E-state index in [2.05, 4.69) is 31.9 Å². The van der Waals surface area contributed by atoms with Crippen molar-refractivity contribution < 1.29 is 4.79 Å². The van der Waals surface area contributed by atoms with Crippen LogP contribution < -0.4 is 5.73 Å². The van der Waals surface area contributed by atoms with Gasteiger partial charge in [-0.25, -0.2) is 0 Å². The van der Waals surface area contributed by atoms with Gasteiger partial charge in [-0.1, -0.05) is 15.9 Å². The van der Waals surface area contributed by atoms with E-state index >= 15 is 0 Å². The van der Waals surface area contributed by atoms with Gasteiger partial charge in [-0.3, -0.25) is 4.79 Å². The summed E-state index contributed by atoms with van der Waals surface area (Å²) in [5.74, 6) is 0.0427. The molecule has 86 valence electrons. The Morgan fingerprint density at radius 1 is 1.44 bits per heavy atom. The molecular weight excluding hydrogens is 336 g/mol. The van der Waals surface area contributed by atoms with Crippen LogP contribution in [0.25, 0.3) is 0 Å². The number of hydrogen-bond acceptors (Lipinski definition) is 2. The number of benzene rings is 1. The number of hydrogen-bond donors (Lipinski definition) is 1. The maximum absolute atomic E-state index is 12.2. The van der Waals surface area contributed by atoms with Crippen molar-refractivity contribution in [2.75, 3.05) is 13.1 Å². The fraction of sp³-hybridized carbons (Fsp3) is 0.364. The normalized spacial score (nSPS) is 20.2. The van der Waals surface area contributed by atoms with Crippen molar-refractivity contribution in [2.24, 2.45) is 5.73 Å². The van der Waals surface area contributed by atoms with Gasteiger partial charge >= 0.3 is 0 Å². The minimum atomic E-state index is 0.0427. The minimum Gasteiger partial charge on any atom is -0.337 e. The van der Waals surface area contributed by atoms with E-state index in [1.54, 1.807) is 4.90 Å². The van der Waals surface area contributed by atoms with Gasteiger partial charge in [-0.15, -0.1) is 0 Å². The molecule has 2 N–H and O–H groups in total. The second kappa shape index (κ2) is 4.85. The number of amides is 1. The van der Waals surface area contributed by atoms with E-state index in [0.717, 1.165) is 21.9 Å². The van der Waals surface area contributed by atoms with Crippen LogP contribution in [0.5, 0.6) is 0 Å². The molecule has 0 radical (unpaired) electrons. The molecule has 1 aliphatic rings. The summed E-state index contributed by atoms with van der Waals surface area (Å²) in [7, 11) is 0. The van der Waals surface area contributed by atoms with Gasteiger partial charge in [0.1, 0.15) is 0 Å². The SMILES string of the molecule is N[C@H]1CCN(C(=O)c2cc(Br)ccc2Br)C1. The third-order valence-electron chi connectivity index (χ3n) is 2.67. The van der Waals surface area contributed by atoms with Gasteiger partial charge in [0, 0.05) is 28.1 Å². The molecule has 1 amide bonds. The molecule has 2 rings (SSSR count). The summed E-state index contributed by atoms with van der Waals surface area (Å²) >= 11 is 6.76. The molecule has 1 saturated heterocycles. The summed E-state index contributed by atoms with van der Waals surface area (Å²) in [5.41, 5.74) is 6.48. The van der Waals surface area contributed by atoms with Crippen molar-refractivity contribution in [3.8, 4) is 0 Å². The predicted octanol–water partition coefficient (Wildman–Crippen LogP) is 2.38. The summed E-state index contributed by atoms with van der Waals surface area (Å²) in [5, 5.41) is 0. The van der Waals surface area contributed by atoms with Crippen LogP contribution in [0, 0.1) is 0 Å². The Morgan fingerprint density at radius 3 is 2.81 bits per heavy atom. The molecule has 1 aromatic carbocycles. The van der Waals surface area contributed by atoms with Gasteiger partial charge in [0.2, 0.25) is 0 Å². The fourth-order valence-electron chi connectivity index (χ4n) is 1.80. The third-order valence-corrected chi connectivity index (χ3v) is 3.86. The van der Waals surface area contributed by atoms with Crippen LogP contribution in [0.2, 0.25) is 0 Å². The molecule has 1 fully saturated rings. The van der Waals surface area contributed by atoms with Crippen molar-refractivity contribution >= 4 is 37.8 Å². The lowest BCUT2D eigenvalue weighted by molar-refractivity contribution is 0.0790. The fourth-order valence-corrected chi connectivity index (χ4v) is 2.58. The van der Waals surface area contributed by atoms with E-state index in [0.29, 0.717) is 12.1 Å². The largest absolute Gasteiger partial charge is 0.337 e. The molecule has 0 saturated carbocycles. The minimum absolute atomic E-state index is 0.0427. The molecule has 0 aliphatic carbocycles. The van der Waals surface area contributed by atoms with Crippen molar-refractivity contribution in [1.29, 1.82) is 0 Å². The average Bonchev–Trinajstić information content (AvgIpc) is 2.67. The first-order valence-electron chi connectivity index (χ1n) is 5.08. The van der Waals surface area contributed by atoms with Crippen LogP contribution in [-0.4, -0.2) is 29.9 Å². The number of carbonyl (C=O) groups is 1. The average molecular weight is 348 g/mol. The first kappa shape index (κ1) is 12.1. The molecule has 0 unspecified atom stereocenters. The molecule has 0 spiro atoms. The van der Waals surface area contributed by atoms with Gasteiger partial charge in [-0.2, -0.15) is 0 Å². The van der Waals surface area contributed by atoms with Crippen LogP contribution in [0.3, 0.4) is 0 Å². The predicted molar refractivity (Wildman–Crippen MR) is 70.3 cm³/mol. The number of halogens is 2. The van der Waals surface area contributed by atoms with Gasteiger partial charge in [0.15, 0.2) is 0 Å². The third kappa shape index (κ3) is 2.47. The lowest BCUT2D eigenvalue weighted by Crippen LogP contribution is -2.32. The van der Waals surface area contributed by atoms with Crippen LogP contribution in [0.15, 0.2) is 27.1 Å². The van der Waals surface area contributed by atoms with Gasteiger partial charge < -0.3 is 10.6 Å². The molecular formula is C11H12Br2N2O. The highest BCUT2D eigenvalue weighted by atomic mass is 79.9. The van der Waals surface area contributed by atoms with Crippen LogP contribution in [0.1, 0.15) is 16.8 Å². The van der Waals surface area contributed by atoms with E-state index in [1.165, 1.54) is 0 Å². The topological polar surface area (TPSA) is 46.3 Å². The molecule has 1 aliphatic heterocycles. The standard InChI is InChI=1S/C11H12Br2N2O/c12-7-1-2-10(13)9(5-7)11(16)15-4-3-8(14)6-15/h1-2,5,8H,3-4,6,14H2/t8-/m0/s1. The van der Waals surface area contributed by atoms with E-state index < -0.39 is 0 Å². The Kier molecular flexibility index (Phi) is 3.66. The smallest absolute Gasteiger partial charge is 0.255 e.